The molecular weight excluding hydrogens is 366 g/mol. The normalized spacial score (nSPS) is 18.8. The van der Waals surface area contributed by atoms with E-state index in [1.54, 1.807) is 7.11 Å². The van der Waals surface area contributed by atoms with Crippen molar-refractivity contribution in [1.82, 2.24) is 19.6 Å². The van der Waals surface area contributed by atoms with E-state index in [1.165, 1.54) is 0 Å². The highest BCUT2D eigenvalue weighted by Crippen LogP contribution is 2.29. The highest BCUT2D eigenvalue weighted by atomic mass is 16.5. The van der Waals surface area contributed by atoms with Gasteiger partial charge in [0.05, 0.1) is 36.5 Å². The number of aromatic nitrogens is 4. The van der Waals surface area contributed by atoms with Gasteiger partial charge < -0.3 is 14.8 Å². The van der Waals surface area contributed by atoms with Gasteiger partial charge >= 0.3 is 0 Å². The zero-order valence-electron chi connectivity index (χ0n) is 16.3. The number of fused-ring (bicyclic) bond motifs is 2. The third kappa shape index (κ3) is 3.66. The van der Waals surface area contributed by atoms with Crippen LogP contribution < -0.4 is 5.32 Å². The van der Waals surface area contributed by atoms with Gasteiger partial charge in [0.2, 0.25) is 5.95 Å². The lowest BCUT2D eigenvalue weighted by Crippen LogP contribution is -2.41. The molecule has 0 saturated heterocycles. The maximum Gasteiger partial charge on any atom is 0.241 e. The van der Waals surface area contributed by atoms with Crippen LogP contribution in [0.2, 0.25) is 0 Å². The molecule has 0 radical (unpaired) electrons. The van der Waals surface area contributed by atoms with E-state index in [-0.39, 0.29) is 0 Å². The number of benzene rings is 1. The standard InChI is InChI=1S/C22H23N5O2/c1-28-9-10-29-18-12-17(13-18)25-22-24-14-21-19(6-8-27(21)26-22)15-4-5-20-16(11-15)3-2-7-23-20/h2-8,11,14,17-18H,9-10,12-13H2,1H3,(H,25,26)/t17-,18-. The van der Waals surface area contributed by atoms with Gasteiger partial charge in [-0.05, 0) is 42.7 Å². The average Bonchev–Trinajstić information content (AvgIpc) is 3.15. The molecule has 148 valence electrons. The van der Waals surface area contributed by atoms with Crippen LogP contribution in [0.4, 0.5) is 5.95 Å². The number of ether oxygens (including phenoxy) is 2. The first kappa shape index (κ1) is 18.0. The summed E-state index contributed by atoms with van der Waals surface area (Å²) in [5, 5.41) is 9.15. The lowest BCUT2D eigenvalue weighted by atomic mass is 9.89. The molecule has 0 aliphatic heterocycles. The monoisotopic (exact) mass is 389 g/mol. The Labute approximate surface area is 168 Å². The van der Waals surface area contributed by atoms with Crippen molar-refractivity contribution in [2.24, 2.45) is 0 Å². The predicted molar refractivity (Wildman–Crippen MR) is 112 cm³/mol. The average molecular weight is 389 g/mol. The van der Waals surface area contributed by atoms with Crippen LogP contribution in [0.5, 0.6) is 0 Å². The summed E-state index contributed by atoms with van der Waals surface area (Å²) < 4.78 is 12.6. The minimum absolute atomic E-state index is 0.298. The number of nitrogens with one attached hydrogen (secondary N) is 1. The van der Waals surface area contributed by atoms with Crippen molar-refractivity contribution in [3.8, 4) is 11.1 Å². The zero-order valence-corrected chi connectivity index (χ0v) is 16.3. The summed E-state index contributed by atoms with van der Waals surface area (Å²) >= 11 is 0. The molecule has 4 aromatic rings. The molecule has 0 bridgehead atoms. The molecule has 7 nitrogen and oxygen atoms in total. The number of rotatable bonds is 7. The molecule has 1 aromatic carbocycles. The van der Waals surface area contributed by atoms with E-state index in [2.05, 4.69) is 44.6 Å². The maximum atomic E-state index is 5.72. The van der Waals surface area contributed by atoms with Crippen LogP contribution >= 0.6 is 0 Å². The van der Waals surface area contributed by atoms with E-state index in [0.29, 0.717) is 31.3 Å². The molecular formula is C22H23N5O2. The van der Waals surface area contributed by atoms with Crippen molar-refractivity contribution in [2.75, 3.05) is 25.6 Å². The molecule has 3 aromatic heterocycles. The number of methoxy groups -OCH3 is 1. The van der Waals surface area contributed by atoms with Gasteiger partial charge in [0.1, 0.15) is 0 Å². The van der Waals surface area contributed by atoms with E-state index in [1.807, 2.05) is 35.2 Å². The minimum atomic E-state index is 0.298. The van der Waals surface area contributed by atoms with Crippen LogP contribution in [0.3, 0.4) is 0 Å². The topological polar surface area (TPSA) is 73.6 Å². The fraction of sp³-hybridized carbons (Fsp3) is 0.318. The zero-order chi connectivity index (χ0) is 19.6. The van der Waals surface area contributed by atoms with Gasteiger partial charge in [0, 0.05) is 36.5 Å². The Bertz CT molecular complexity index is 1140. The van der Waals surface area contributed by atoms with Gasteiger partial charge in [-0.1, -0.05) is 12.1 Å². The van der Waals surface area contributed by atoms with Crippen molar-refractivity contribution in [3.63, 3.8) is 0 Å². The van der Waals surface area contributed by atoms with E-state index < -0.39 is 0 Å². The summed E-state index contributed by atoms with van der Waals surface area (Å²) in [4.78, 5) is 8.93. The molecule has 0 unspecified atom stereocenters. The van der Waals surface area contributed by atoms with Crippen LogP contribution in [-0.2, 0) is 9.47 Å². The first-order valence-electron chi connectivity index (χ1n) is 9.87. The highest BCUT2D eigenvalue weighted by molar-refractivity contribution is 5.88. The van der Waals surface area contributed by atoms with Crippen LogP contribution in [-0.4, -0.2) is 52.1 Å². The molecule has 1 aliphatic rings. The molecule has 3 heterocycles. The van der Waals surface area contributed by atoms with Gasteiger partial charge in [0.25, 0.3) is 0 Å². The predicted octanol–water partition coefficient (Wildman–Crippen LogP) is 3.55. The fourth-order valence-corrected chi connectivity index (χ4v) is 3.75. The van der Waals surface area contributed by atoms with E-state index in [4.69, 9.17) is 9.47 Å². The van der Waals surface area contributed by atoms with Crippen molar-refractivity contribution in [2.45, 2.75) is 25.0 Å². The summed E-state index contributed by atoms with van der Waals surface area (Å²) in [6.45, 7) is 1.28. The molecule has 7 heteroatoms. The van der Waals surface area contributed by atoms with Crippen molar-refractivity contribution < 1.29 is 9.47 Å². The Kier molecular flexibility index (Phi) is 4.83. The van der Waals surface area contributed by atoms with Crippen LogP contribution in [0.25, 0.3) is 27.5 Å². The van der Waals surface area contributed by atoms with Gasteiger partial charge in [-0.25, -0.2) is 9.50 Å². The Hall–Kier alpha value is -3.03. The van der Waals surface area contributed by atoms with Crippen LogP contribution in [0, 0.1) is 0 Å². The summed E-state index contributed by atoms with van der Waals surface area (Å²) in [6, 6.07) is 12.8. The number of hydrogen-bond donors (Lipinski definition) is 1. The van der Waals surface area contributed by atoms with Gasteiger partial charge in [-0.15, -0.1) is 5.10 Å². The Morgan fingerprint density at radius 1 is 1.14 bits per heavy atom. The molecule has 0 amide bonds. The second-order valence-electron chi connectivity index (χ2n) is 7.35. The second kappa shape index (κ2) is 7.77. The SMILES string of the molecule is COCCO[C@H]1C[C@H](Nc2ncc3c(-c4ccc5ncccc5c4)ccn3n2)C1. The summed E-state index contributed by atoms with van der Waals surface area (Å²) in [6.07, 6.45) is 7.90. The fourth-order valence-electron chi connectivity index (χ4n) is 3.75. The third-order valence-electron chi connectivity index (χ3n) is 5.40. The summed E-state index contributed by atoms with van der Waals surface area (Å²) in [5.41, 5.74) is 4.21. The summed E-state index contributed by atoms with van der Waals surface area (Å²) in [5.74, 6) is 0.641. The van der Waals surface area contributed by atoms with E-state index >= 15 is 0 Å². The molecule has 1 saturated carbocycles. The number of pyridine rings is 1. The third-order valence-corrected chi connectivity index (χ3v) is 5.40. The second-order valence-corrected chi connectivity index (χ2v) is 7.35. The first-order chi connectivity index (χ1) is 14.3. The quantitative estimate of drug-likeness (QED) is 0.487. The Morgan fingerprint density at radius 2 is 2.07 bits per heavy atom. The van der Waals surface area contributed by atoms with E-state index in [9.17, 15) is 0 Å². The molecule has 5 rings (SSSR count). The number of hydrogen-bond acceptors (Lipinski definition) is 6. The summed E-state index contributed by atoms with van der Waals surface area (Å²) in [7, 11) is 1.69. The van der Waals surface area contributed by atoms with Crippen molar-refractivity contribution in [1.29, 1.82) is 0 Å². The smallest absolute Gasteiger partial charge is 0.241 e. The van der Waals surface area contributed by atoms with Gasteiger partial charge in [-0.3, -0.25) is 4.98 Å². The van der Waals surface area contributed by atoms with Crippen LogP contribution in [0.15, 0.2) is 55.0 Å². The maximum absolute atomic E-state index is 5.72. The van der Waals surface area contributed by atoms with Gasteiger partial charge in [0.15, 0.2) is 0 Å². The Morgan fingerprint density at radius 3 is 2.97 bits per heavy atom. The molecule has 1 fully saturated rings. The minimum Gasteiger partial charge on any atom is -0.382 e. The lowest BCUT2D eigenvalue weighted by molar-refractivity contribution is -0.0261. The molecule has 29 heavy (non-hydrogen) atoms. The first-order valence-corrected chi connectivity index (χ1v) is 9.87. The van der Waals surface area contributed by atoms with Crippen molar-refractivity contribution >= 4 is 22.4 Å². The lowest BCUT2D eigenvalue weighted by Gasteiger charge is -2.35. The molecule has 1 aliphatic carbocycles. The van der Waals surface area contributed by atoms with Crippen LogP contribution in [0.1, 0.15) is 12.8 Å². The molecule has 0 atom stereocenters. The number of anilines is 1. The molecule has 1 N–H and O–H groups in total. The Balaban J connectivity index is 1.30. The van der Waals surface area contributed by atoms with Crippen molar-refractivity contribution in [3.05, 3.63) is 55.0 Å². The highest BCUT2D eigenvalue weighted by Gasteiger charge is 2.30. The van der Waals surface area contributed by atoms with E-state index in [0.717, 1.165) is 40.4 Å². The molecule has 0 spiro atoms. The largest absolute Gasteiger partial charge is 0.382 e. The number of nitrogens with zero attached hydrogens (tertiary/aromatic N) is 4. The van der Waals surface area contributed by atoms with Gasteiger partial charge in [-0.2, -0.15) is 0 Å².